The van der Waals surface area contributed by atoms with Gasteiger partial charge in [0, 0.05) is 38.4 Å². The van der Waals surface area contributed by atoms with Crippen LogP contribution in [-0.2, 0) is 14.8 Å². The average Bonchev–Trinajstić information content (AvgIpc) is 2.74. The van der Waals surface area contributed by atoms with Crippen LogP contribution < -0.4 is 4.90 Å². The summed E-state index contributed by atoms with van der Waals surface area (Å²) in [6, 6.07) is 15.5. The summed E-state index contributed by atoms with van der Waals surface area (Å²) >= 11 is 0. The van der Waals surface area contributed by atoms with E-state index in [0.717, 1.165) is 24.3 Å². The Bertz CT molecular complexity index is 953. The average molecular weight is 416 g/mol. The fourth-order valence-electron chi connectivity index (χ4n) is 3.59. The smallest absolute Gasteiger partial charge is 0.243 e. The minimum absolute atomic E-state index is 0.127. The summed E-state index contributed by atoms with van der Waals surface area (Å²) < 4.78 is 27.6. The summed E-state index contributed by atoms with van der Waals surface area (Å²) in [5, 5.41) is 0. The molecule has 0 spiro atoms. The van der Waals surface area contributed by atoms with Gasteiger partial charge in [-0.2, -0.15) is 4.31 Å². The van der Waals surface area contributed by atoms with Gasteiger partial charge < -0.3 is 9.80 Å². The molecule has 0 saturated carbocycles. The fourth-order valence-corrected chi connectivity index (χ4v) is 5.30. The molecule has 0 N–H and O–H groups in total. The van der Waals surface area contributed by atoms with Crippen molar-refractivity contribution in [2.24, 2.45) is 0 Å². The van der Waals surface area contributed by atoms with Crippen molar-refractivity contribution in [3.05, 3.63) is 59.7 Å². The first-order chi connectivity index (χ1) is 13.8. The fraction of sp³-hybridized carbons (Fsp3) is 0.409. The number of piperazine rings is 1. The zero-order chi connectivity index (χ0) is 21.0. The highest BCUT2D eigenvalue weighted by atomic mass is 32.2. The van der Waals surface area contributed by atoms with Crippen molar-refractivity contribution >= 4 is 21.6 Å². The van der Waals surface area contributed by atoms with Crippen LogP contribution in [0, 0.1) is 13.8 Å². The molecule has 1 fully saturated rings. The number of hydrogen-bond donors (Lipinski definition) is 0. The third kappa shape index (κ3) is 4.79. The molecule has 0 bridgehead atoms. The Balaban J connectivity index is 1.67. The largest absolute Gasteiger partial charge is 0.368 e. The summed E-state index contributed by atoms with van der Waals surface area (Å²) in [6.07, 6.45) is 0. The van der Waals surface area contributed by atoms with Crippen LogP contribution in [-0.4, -0.2) is 62.8 Å². The van der Waals surface area contributed by atoms with E-state index in [1.54, 1.807) is 30.9 Å². The number of likely N-dealkylation sites (N-methyl/N-ethyl adjacent to an activating group) is 1. The molecule has 0 atom stereocenters. The first kappa shape index (κ1) is 21.3. The Morgan fingerprint density at radius 3 is 2.28 bits per heavy atom. The third-order valence-electron chi connectivity index (χ3n) is 5.38. The second-order valence-corrected chi connectivity index (χ2v) is 9.31. The first-order valence-corrected chi connectivity index (χ1v) is 11.4. The summed E-state index contributed by atoms with van der Waals surface area (Å²) in [5.41, 5.74) is 2.72. The maximum absolute atomic E-state index is 13.1. The Kier molecular flexibility index (Phi) is 6.59. The van der Waals surface area contributed by atoms with Crippen LogP contribution in [0.3, 0.4) is 0 Å². The van der Waals surface area contributed by atoms with Gasteiger partial charge in [-0.25, -0.2) is 8.42 Å². The Hall–Kier alpha value is -2.38. The van der Waals surface area contributed by atoms with Crippen LogP contribution in [0.1, 0.15) is 18.1 Å². The van der Waals surface area contributed by atoms with Gasteiger partial charge in [-0.15, -0.1) is 0 Å². The van der Waals surface area contributed by atoms with E-state index < -0.39 is 10.0 Å². The lowest BCUT2D eigenvalue weighted by molar-refractivity contribution is -0.131. The molecule has 1 amide bonds. The summed E-state index contributed by atoms with van der Waals surface area (Å²) in [7, 11) is -3.72. The summed E-state index contributed by atoms with van der Waals surface area (Å²) in [4.78, 5) is 17.1. The van der Waals surface area contributed by atoms with Gasteiger partial charge in [0.25, 0.3) is 0 Å². The Labute approximate surface area is 173 Å². The van der Waals surface area contributed by atoms with Gasteiger partial charge in [-0.1, -0.05) is 37.3 Å². The van der Waals surface area contributed by atoms with E-state index in [4.69, 9.17) is 0 Å². The topological polar surface area (TPSA) is 60.9 Å². The molecule has 0 unspecified atom stereocenters. The van der Waals surface area contributed by atoms with E-state index in [1.807, 2.05) is 31.2 Å². The van der Waals surface area contributed by atoms with Crippen LogP contribution >= 0.6 is 0 Å². The molecule has 29 heavy (non-hydrogen) atoms. The second-order valence-electron chi connectivity index (χ2n) is 7.40. The number of para-hydroxylation sites is 1. The highest BCUT2D eigenvalue weighted by Crippen LogP contribution is 2.22. The number of rotatable bonds is 6. The number of hydrogen-bond acceptors (Lipinski definition) is 4. The molecule has 0 aromatic heterocycles. The Morgan fingerprint density at radius 2 is 1.66 bits per heavy atom. The van der Waals surface area contributed by atoms with Crippen LogP contribution in [0.25, 0.3) is 0 Å². The van der Waals surface area contributed by atoms with E-state index in [1.165, 1.54) is 4.31 Å². The predicted octanol–water partition coefficient (Wildman–Crippen LogP) is 2.66. The number of aryl methyl sites for hydroxylation is 2. The summed E-state index contributed by atoms with van der Waals surface area (Å²) in [6.45, 7) is 8.21. The van der Waals surface area contributed by atoms with Crippen LogP contribution in [0.4, 0.5) is 5.69 Å². The van der Waals surface area contributed by atoms with Crippen LogP contribution in [0.5, 0.6) is 0 Å². The van der Waals surface area contributed by atoms with Gasteiger partial charge in [0.2, 0.25) is 15.9 Å². The molecular formula is C22H29N3O3S. The van der Waals surface area contributed by atoms with Crippen molar-refractivity contribution < 1.29 is 13.2 Å². The van der Waals surface area contributed by atoms with Crippen molar-refractivity contribution in [3.8, 4) is 0 Å². The van der Waals surface area contributed by atoms with E-state index in [0.29, 0.717) is 18.7 Å². The lowest BCUT2D eigenvalue weighted by atomic mass is 10.2. The Morgan fingerprint density at radius 1 is 1.00 bits per heavy atom. The number of nitrogens with zero attached hydrogens (tertiary/aromatic N) is 3. The number of sulfonamides is 1. The van der Waals surface area contributed by atoms with E-state index >= 15 is 0 Å². The van der Waals surface area contributed by atoms with Gasteiger partial charge in [0.15, 0.2) is 0 Å². The quantitative estimate of drug-likeness (QED) is 0.728. The number of amides is 1. The monoisotopic (exact) mass is 415 g/mol. The molecule has 1 aliphatic rings. The normalized spacial score (nSPS) is 15.0. The maximum Gasteiger partial charge on any atom is 0.243 e. The van der Waals surface area contributed by atoms with E-state index in [2.05, 4.69) is 17.0 Å². The van der Waals surface area contributed by atoms with Crippen molar-refractivity contribution in [2.75, 3.05) is 44.2 Å². The SMILES string of the molecule is CCN(CC(=O)N1CCN(c2ccccc2)CC1)S(=O)(=O)c1cc(C)ccc1C. The predicted molar refractivity (Wildman–Crippen MR) is 116 cm³/mol. The molecule has 0 aliphatic carbocycles. The minimum Gasteiger partial charge on any atom is -0.368 e. The van der Waals surface area contributed by atoms with Crippen molar-refractivity contribution in [1.82, 2.24) is 9.21 Å². The van der Waals surface area contributed by atoms with Gasteiger partial charge in [-0.05, 0) is 43.2 Å². The standard InChI is InChI=1S/C22H29N3O3S/c1-4-25(29(27,28)21-16-18(2)10-11-19(21)3)17-22(26)24-14-12-23(13-15-24)20-8-6-5-7-9-20/h5-11,16H,4,12-15,17H2,1-3H3. The van der Waals surface area contributed by atoms with Gasteiger partial charge in [0.1, 0.15) is 0 Å². The maximum atomic E-state index is 13.1. The van der Waals surface area contributed by atoms with Crippen molar-refractivity contribution in [3.63, 3.8) is 0 Å². The number of carbonyl (C=O) groups excluding carboxylic acids is 1. The van der Waals surface area contributed by atoms with Crippen LogP contribution in [0.15, 0.2) is 53.4 Å². The van der Waals surface area contributed by atoms with Crippen molar-refractivity contribution in [2.45, 2.75) is 25.7 Å². The molecule has 3 rings (SSSR count). The highest BCUT2D eigenvalue weighted by Gasteiger charge is 2.29. The highest BCUT2D eigenvalue weighted by molar-refractivity contribution is 7.89. The van der Waals surface area contributed by atoms with Gasteiger partial charge in [0.05, 0.1) is 11.4 Å². The zero-order valence-corrected chi connectivity index (χ0v) is 18.2. The molecule has 1 saturated heterocycles. The first-order valence-electron chi connectivity index (χ1n) is 9.98. The van der Waals surface area contributed by atoms with Crippen molar-refractivity contribution in [1.29, 1.82) is 0 Å². The molecule has 2 aromatic carbocycles. The van der Waals surface area contributed by atoms with Crippen LogP contribution in [0.2, 0.25) is 0 Å². The molecule has 2 aromatic rings. The molecule has 7 heteroatoms. The molecular weight excluding hydrogens is 386 g/mol. The minimum atomic E-state index is -3.72. The zero-order valence-electron chi connectivity index (χ0n) is 17.3. The summed E-state index contributed by atoms with van der Waals surface area (Å²) in [5.74, 6) is -0.145. The molecule has 6 nitrogen and oxygen atoms in total. The second kappa shape index (κ2) is 8.97. The van der Waals surface area contributed by atoms with Gasteiger partial charge >= 0.3 is 0 Å². The third-order valence-corrected chi connectivity index (χ3v) is 7.44. The van der Waals surface area contributed by atoms with Gasteiger partial charge in [-0.3, -0.25) is 4.79 Å². The molecule has 1 heterocycles. The van der Waals surface area contributed by atoms with E-state index in [-0.39, 0.29) is 23.9 Å². The lowest BCUT2D eigenvalue weighted by Gasteiger charge is -2.37. The van der Waals surface area contributed by atoms with E-state index in [9.17, 15) is 13.2 Å². The molecule has 1 aliphatic heterocycles. The molecule has 0 radical (unpaired) electrons. The number of carbonyl (C=O) groups is 1. The lowest BCUT2D eigenvalue weighted by Crippen LogP contribution is -2.51. The molecule has 156 valence electrons. The number of benzene rings is 2. The number of anilines is 1.